The van der Waals surface area contributed by atoms with E-state index in [1.807, 2.05) is 6.07 Å². The summed E-state index contributed by atoms with van der Waals surface area (Å²) in [4.78, 5) is 13.3. The van der Waals surface area contributed by atoms with E-state index in [-0.39, 0.29) is 18.3 Å². The van der Waals surface area contributed by atoms with E-state index in [0.29, 0.717) is 0 Å². The highest BCUT2D eigenvalue weighted by Crippen LogP contribution is 2.17. The zero-order chi connectivity index (χ0) is 12.8. The van der Waals surface area contributed by atoms with Gasteiger partial charge in [0.15, 0.2) is 0 Å². The first-order chi connectivity index (χ1) is 8.75. The summed E-state index contributed by atoms with van der Waals surface area (Å²) in [6.45, 7) is 2.79. The maximum absolute atomic E-state index is 11.0. The van der Waals surface area contributed by atoms with Crippen molar-refractivity contribution in [3.8, 4) is 0 Å². The largest absolute Gasteiger partial charge is 0.481 e. The van der Waals surface area contributed by atoms with Crippen molar-refractivity contribution in [3.05, 3.63) is 35.9 Å². The van der Waals surface area contributed by atoms with Gasteiger partial charge in [0, 0.05) is 6.54 Å². The van der Waals surface area contributed by atoms with E-state index in [0.717, 1.165) is 45.3 Å². The molecule has 0 bridgehead atoms. The number of likely N-dealkylation sites (tertiary alicyclic amines) is 1. The summed E-state index contributed by atoms with van der Waals surface area (Å²) in [6.07, 6.45) is 4.04. The normalized spacial score (nSPS) is 19.7. The number of carbonyl (C=O) groups is 1. The number of piperidine rings is 1. The summed E-state index contributed by atoms with van der Waals surface area (Å²) >= 11 is 0. The molecule has 2 rings (SSSR count). The van der Waals surface area contributed by atoms with E-state index >= 15 is 0 Å². The molecule has 1 unspecified atom stereocenters. The van der Waals surface area contributed by atoms with Crippen molar-refractivity contribution in [1.82, 2.24) is 4.90 Å². The van der Waals surface area contributed by atoms with Gasteiger partial charge in [0.2, 0.25) is 0 Å². The number of halogens is 1. The van der Waals surface area contributed by atoms with Gasteiger partial charge in [0.05, 0.1) is 5.92 Å². The number of nitrogens with zero attached hydrogens (tertiary/aromatic N) is 1. The van der Waals surface area contributed by atoms with E-state index in [4.69, 9.17) is 5.11 Å². The number of aliphatic carboxylic acids is 1. The van der Waals surface area contributed by atoms with Crippen LogP contribution in [-0.4, -0.2) is 35.6 Å². The third-order valence-corrected chi connectivity index (χ3v) is 3.64. The number of hydrogen-bond acceptors (Lipinski definition) is 2. The van der Waals surface area contributed by atoms with Crippen LogP contribution in [0.5, 0.6) is 0 Å². The van der Waals surface area contributed by atoms with Crippen molar-refractivity contribution in [2.75, 3.05) is 19.6 Å². The molecule has 0 aromatic heterocycles. The second-order valence-corrected chi connectivity index (χ2v) is 5.07. The minimum absolute atomic E-state index is 0. The van der Waals surface area contributed by atoms with Crippen molar-refractivity contribution < 1.29 is 9.90 Å². The lowest BCUT2D eigenvalue weighted by atomic mass is 9.98. The molecule has 1 N–H and O–H groups in total. The Morgan fingerprint density at radius 3 is 2.74 bits per heavy atom. The Balaban J connectivity index is 0.00000180. The summed E-state index contributed by atoms with van der Waals surface area (Å²) in [5.74, 6) is -0.793. The maximum Gasteiger partial charge on any atom is 0.307 e. The van der Waals surface area contributed by atoms with Gasteiger partial charge >= 0.3 is 5.97 Å². The van der Waals surface area contributed by atoms with Crippen LogP contribution in [0.2, 0.25) is 0 Å². The lowest BCUT2D eigenvalue weighted by molar-refractivity contribution is -0.143. The fraction of sp³-hybridized carbons (Fsp3) is 0.533. The molecule has 106 valence electrons. The molecule has 1 aromatic rings. The van der Waals surface area contributed by atoms with Crippen LogP contribution in [0.25, 0.3) is 0 Å². The molecule has 1 saturated heterocycles. The SMILES string of the molecule is Cl.O=C(O)C1CCCN(CCCc2ccccc2)C1. The molecular weight excluding hydrogens is 262 g/mol. The fourth-order valence-electron chi connectivity index (χ4n) is 2.61. The molecule has 19 heavy (non-hydrogen) atoms. The number of benzene rings is 1. The summed E-state index contributed by atoms with van der Waals surface area (Å²) < 4.78 is 0. The molecule has 0 aliphatic carbocycles. The standard InChI is InChI=1S/C15H21NO2.ClH/c17-15(18)14-9-5-11-16(12-14)10-4-8-13-6-2-1-3-7-13;/h1-3,6-7,14H,4-5,8-12H2,(H,17,18);1H. The van der Waals surface area contributed by atoms with Crippen LogP contribution in [-0.2, 0) is 11.2 Å². The summed E-state index contributed by atoms with van der Waals surface area (Å²) in [5.41, 5.74) is 1.37. The lowest BCUT2D eigenvalue weighted by Crippen LogP contribution is -2.39. The van der Waals surface area contributed by atoms with Gasteiger partial charge in [-0.25, -0.2) is 0 Å². The van der Waals surface area contributed by atoms with Gasteiger partial charge in [-0.3, -0.25) is 4.79 Å². The first-order valence-electron chi connectivity index (χ1n) is 6.75. The molecule has 1 aliphatic rings. The van der Waals surface area contributed by atoms with E-state index in [2.05, 4.69) is 29.2 Å². The van der Waals surface area contributed by atoms with Gasteiger partial charge < -0.3 is 10.0 Å². The van der Waals surface area contributed by atoms with Gasteiger partial charge in [-0.15, -0.1) is 12.4 Å². The van der Waals surface area contributed by atoms with E-state index in [9.17, 15) is 4.79 Å². The first-order valence-corrected chi connectivity index (χ1v) is 6.75. The third kappa shape index (κ3) is 5.21. The molecule has 1 aromatic carbocycles. The van der Waals surface area contributed by atoms with Crippen molar-refractivity contribution in [2.45, 2.75) is 25.7 Å². The third-order valence-electron chi connectivity index (χ3n) is 3.64. The molecule has 0 spiro atoms. The molecule has 0 amide bonds. The topological polar surface area (TPSA) is 40.5 Å². The predicted octanol–water partition coefficient (Wildman–Crippen LogP) is 2.84. The van der Waals surface area contributed by atoms with E-state index < -0.39 is 5.97 Å². The summed E-state index contributed by atoms with van der Waals surface area (Å²) in [7, 11) is 0. The molecule has 1 aliphatic heterocycles. The Labute approximate surface area is 121 Å². The van der Waals surface area contributed by atoms with Crippen LogP contribution in [0.1, 0.15) is 24.8 Å². The number of carboxylic acid groups (broad SMARTS) is 1. The molecule has 1 heterocycles. The zero-order valence-corrected chi connectivity index (χ0v) is 11.9. The number of carboxylic acids is 1. The van der Waals surface area contributed by atoms with Gasteiger partial charge in [-0.2, -0.15) is 0 Å². The Morgan fingerprint density at radius 1 is 1.32 bits per heavy atom. The monoisotopic (exact) mass is 283 g/mol. The fourth-order valence-corrected chi connectivity index (χ4v) is 2.61. The highest BCUT2D eigenvalue weighted by atomic mass is 35.5. The second-order valence-electron chi connectivity index (χ2n) is 5.07. The second kappa shape index (κ2) is 8.18. The Morgan fingerprint density at radius 2 is 2.05 bits per heavy atom. The van der Waals surface area contributed by atoms with Crippen molar-refractivity contribution in [1.29, 1.82) is 0 Å². The van der Waals surface area contributed by atoms with Crippen LogP contribution in [0.4, 0.5) is 0 Å². The quantitative estimate of drug-likeness (QED) is 0.903. The Hall–Kier alpha value is -1.06. The molecule has 3 nitrogen and oxygen atoms in total. The van der Waals surface area contributed by atoms with Crippen molar-refractivity contribution >= 4 is 18.4 Å². The van der Waals surface area contributed by atoms with Crippen LogP contribution >= 0.6 is 12.4 Å². The predicted molar refractivity (Wildman–Crippen MR) is 78.8 cm³/mol. The molecule has 0 radical (unpaired) electrons. The van der Waals surface area contributed by atoms with Crippen LogP contribution in [0.15, 0.2) is 30.3 Å². The molecular formula is C15H22ClNO2. The highest BCUT2D eigenvalue weighted by molar-refractivity contribution is 5.85. The molecule has 1 fully saturated rings. The van der Waals surface area contributed by atoms with E-state index in [1.54, 1.807) is 0 Å². The van der Waals surface area contributed by atoms with Crippen molar-refractivity contribution in [2.24, 2.45) is 5.92 Å². The minimum atomic E-state index is -0.636. The summed E-state index contributed by atoms with van der Waals surface area (Å²) in [6, 6.07) is 10.5. The molecule has 1 atom stereocenters. The van der Waals surface area contributed by atoms with Crippen molar-refractivity contribution in [3.63, 3.8) is 0 Å². The van der Waals surface area contributed by atoms with Gasteiger partial charge in [0.25, 0.3) is 0 Å². The first kappa shape index (κ1) is 16.0. The van der Waals surface area contributed by atoms with Crippen LogP contribution < -0.4 is 0 Å². The van der Waals surface area contributed by atoms with Gasteiger partial charge in [0.1, 0.15) is 0 Å². The van der Waals surface area contributed by atoms with Gasteiger partial charge in [-0.05, 0) is 44.3 Å². The Kier molecular flexibility index (Phi) is 6.89. The lowest BCUT2D eigenvalue weighted by Gasteiger charge is -2.30. The minimum Gasteiger partial charge on any atom is -0.481 e. The molecule has 4 heteroatoms. The van der Waals surface area contributed by atoms with Gasteiger partial charge in [-0.1, -0.05) is 30.3 Å². The number of hydrogen-bond donors (Lipinski definition) is 1. The maximum atomic E-state index is 11.0. The zero-order valence-electron chi connectivity index (χ0n) is 11.1. The summed E-state index contributed by atoms with van der Waals surface area (Å²) in [5, 5.41) is 9.03. The number of rotatable bonds is 5. The average Bonchev–Trinajstić information content (AvgIpc) is 2.40. The average molecular weight is 284 g/mol. The van der Waals surface area contributed by atoms with Crippen LogP contribution in [0, 0.1) is 5.92 Å². The molecule has 0 saturated carbocycles. The number of aryl methyl sites for hydroxylation is 1. The van der Waals surface area contributed by atoms with Crippen LogP contribution in [0.3, 0.4) is 0 Å². The van der Waals surface area contributed by atoms with E-state index in [1.165, 1.54) is 5.56 Å². The highest BCUT2D eigenvalue weighted by Gasteiger charge is 2.24. The Bertz CT molecular complexity index is 383. The smallest absolute Gasteiger partial charge is 0.307 e.